The molecular formula is C13H19NO. The van der Waals surface area contributed by atoms with Gasteiger partial charge in [0.2, 0.25) is 0 Å². The SMILES string of the molecule is c1ccc(COCC[C@@H]2CCNC2)cc1. The van der Waals surface area contributed by atoms with Crippen molar-refractivity contribution < 1.29 is 4.74 Å². The predicted octanol–water partition coefficient (Wildman–Crippen LogP) is 2.20. The monoisotopic (exact) mass is 205 g/mol. The maximum absolute atomic E-state index is 5.65. The molecule has 15 heavy (non-hydrogen) atoms. The van der Waals surface area contributed by atoms with Crippen LogP contribution in [0.4, 0.5) is 0 Å². The Kier molecular flexibility index (Phi) is 4.18. The molecule has 1 saturated heterocycles. The molecule has 1 aliphatic rings. The first kappa shape index (κ1) is 10.7. The van der Waals surface area contributed by atoms with Crippen molar-refractivity contribution in [3.8, 4) is 0 Å². The molecule has 0 radical (unpaired) electrons. The molecule has 0 unspecified atom stereocenters. The quantitative estimate of drug-likeness (QED) is 0.744. The molecule has 0 spiro atoms. The normalized spacial score (nSPS) is 20.7. The first-order valence-corrected chi connectivity index (χ1v) is 5.77. The summed E-state index contributed by atoms with van der Waals surface area (Å²) in [6, 6.07) is 10.4. The maximum Gasteiger partial charge on any atom is 0.0716 e. The van der Waals surface area contributed by atoms with Gasteiger partial charge in [0.15, 0.2) is 0 Å². The lowest BCUT2D eigenvalue weighted by Gasteiger charge is -2.08. The predicted molar refractivity (Wildman–Crippen MR) is 61.7 cm³/mol. The lowest BCUT2D eigenvalue weighted by Crippen LogP contribution is -2.10. The topological polar surface area (TPSA) is 21.3 Å². The van der Waals surface area contributed by atoms with Gasteiger partial charge < -0.3 is 10.1 Å². The molecule has 0 saturated carbocycles. The van der Waals surface area contributed by atoms with Crippen LogP contribution < -0.4 is 5.32 Å². The van der Waals surface area contributed by atoms with Crippen molar-refractivity contribution in [1.29, 1.82) is 0 Å². The van der Waals surface area contributed by atoms with E-state index in [0.717, 1.165) is 19.1 Å². The van der Waals surface area contributed by atoms with Crippen molar-refractivity contribution in [2.45, 2.75) is 19.4 Å². The summed E-state index contributed by atoms with van der Waals surface area (Å²) in [7, 11) is 0. The lowest BCUT2D eigenvalue weighted by atomic mass is 10.1. The number of benzene rings is 1. The minimum Gasteiger partial charge on any atom is -0.377 e. The Labute approximate surface area is 91.6 Å². The van der Waals surface area contributed by atoms with E-state index in [2.05, 4.69) is 29.6 Å². The van der Waals surface area contributed by atoms with Crippen LogP contribution in [0.3, 0.4) is 0 Å². The average molecular weight is 205 g/mol. The molecule has 1 aromatic carbocycles. The van der Waals surface area contributed by atoms with Crippen LogP contribution in [0, 0.1) is 5.92 Å². The third-order valence-corrected chi connectivity index (χ3v) is 2.94. The Morgan fingerprint density at radius 1 is 1.27 bits per heavy atom. The third kappa shape index (κ3) is 3.65. The van der Waals surface area contributed by atoms with Crippen LogP contribution in [0.15, 0.2) is 30.3 Å². The van der Waals surface area contributed by atoms with Gasteiger partial charge >= 0.3 is 0 Å². The van der Waals surface area contributed by atoms with E-state index >= 15 is 0 Å². The molecule has 0 bridgehead atoms. The van der Waals surface area contributed by atoms with Gasteiger partial charge in [-0.05, 0) is 37.4 Å². The Bertz CT molecular complexity index is 267. The minimum absolute atomic E-state index is 0.751. The summed E-state index contributed by atoms with van der Waals surface area (Å²) in [5, 5.41) is 3.38. The molecule has 1 atom stereocenters. The third-order valence-electron chi connectivity index (χ3n) is 2.94. The number of hydrogen-bond donors (Lipinski definition) is 1. The highest BCUT2D eigenvalue weighted by Gasteiger charge is 2.13. The second kappa shape index (κ2) is 5.89. The molecule has 1 heterocycles. The number of nitrogens with one attached hydrogen (secondary N) is 1. The summed E-state index contributed by atoms with van der Waals surface area (Å²) in [6.45, 7) is 4.00. The van der Waals surface area contributed by atoms with Crippen LogP contribution in [0.1, 0.15) is 18.4 Å². The van der Waals surface area contributed by atoms with E-state index in [1.807, 2.05) is 6.07 Å². The fraction of sp³-hybridized carbons (Fsp3) is 0.538. The van der Waals surface area contributed by atoms with Gasteiger partial charge in [0.1, 0.15) is 0 Å². The largest absolute Gasteiger partial charge is 0.377 e. The highest BCUT2D eigenvalue weighted by molar-refractivity contribution is 5.13. The Morgan fingerprint density at radius 3 is 2.87 bits per heavy atom. The van der Waals surface area contributed by atoms with E-state index in [0.29, 0.717) is 0 Å². The van der Waals surface area contributed by atoms with Crippen molar-refractivity contribution in [2.75, 3.05) is 19.7 Å². The summed E-state index contributed by atoms with van der Waals surface area (Å²) in [5.74, 6) is 0.834. The Hall–Kier alpha value is -0.860. The van der Waals surface area contributed by atoms with Gasteiger partial charge in [-0.15, -0.1) is 0 Å². The molecule has 1 aliphatic heterocycles. The molecule has 1 aromatic rings. The Morgan fingerprint density at radius 2 is 2.13 bits per heavy atom. The number of hydrogen-bond acceptors (Lipinski definition) is 2. The van der Waals surface area contributed by atoms with Crippen molar-refractivity contribution >= 4 is 0 Å². The number of ether oxygens (including phenoxy) is 1. The summed E-state index contributed by atoms with van der Waals surface area (Å²) in [4.78, 5) is 0. The molecule has 0 amide bonds. The van der Waals surface area contributed by atoms with Crippen LogP contribution in [0.5, 0.6) is 0 Å². The average Bonchev–Trinajstić information content (AvgIpc) is 2.79. The van der Waals surface area contributed by atoms with Crippen molar-refractivity contribution in [1.82, 2.24) is 5.32 Å². The van der Waals surface area contributed by atoms with Gasteiger partial charge in [0.05, 0.1) is 6.61 Å². The maximum atomic E-state index is 5.65. The van der Waals surface area contributed by atoms with Gasteiger partial charge in [-0.1, -0.05) is 30.3 Å². The van der Waals surface area contributed by atoms with Crippen LogP contribution in [-0.2, 0) is 11.3 Å². The molecule has 1 N–H and O–H groups in total. The number of rotatable bonds is 5. The summed E-state index contributed by atoms with van der Waals surface area (Å²) >= 11 is 0. The second-order valence-electron chi connectivity index (χ2n) is 4.19. The second-order valence-corrected chi connectivity index (χ2v) is 4.19. The van der Waals surface area contributed by atoms with Gasteiger partial charge in [0, 0.05) is 6.61 Å². The molecular weight excluding hydrogens is 186 g/mol. The smallest absolute Gasteiger partial charge is 0.0716 e. The zero-order valence-electron chi connectivity index (χ0n) is 9.11. The summed E-state index contributed by atoms with van der Waals surface area (Å²) < 4.78 is 5.65. The van der Waals surface area contributed by atoms with Gasteiger partial charge in [-0.2, -0.15) is 0 Å². The minimum atomic E-state index is 0.751. The summed E-state index contributed by atoms with van der Waals surface area (Å²) in [5.41, 5.74) is 1.27. The van der Waals surface area contributed by atoms with E-state index in [1.54, 1.807) is 0 Å². The lowest BCUT2D eigenvalue weighted by molar-refractivity contribution is 0.109. The van der Waals surface area contributed by atoms with Crippen LogP contribution in [0.2, 0.25) is 0 Å². The molecule has 2 nitrogen and oxygen atoms in total. The van der Waals surface area contributed by atoms with Crippen LogP contribution in [0.25, 0.3) is 0 Å². The van der Waals surface area contributed by atoms with Crippen molar-refractivity contribution in [3.05, 3.63) is 35.9 Å². The van der Waals surface area contributed by atoms with Crippen molar-refractivity contribution in [2.24, 2.45) is 5.92 Å². The van der Waals surface area contributed by atoms with Crippen molar-refractivity contribution in [3.63, 3.8) is 0 Å². The molecule has 2 heteroatoms. The standard InChI is InChI=1S/C13H19NO/c1-2-4-13(5-3-1)11-15-9-7-12-6-8-14-10-12/h1-5,12,14H,6-11H2/t12-/m0/s1. The van der Waals surface area contributed by atoms with Gasteiger partial charge in [0.25, 0.3) is 0 Å². The molecule has 82 valence electrons. The van der Waals surface area contributed by atoms with Crippen LogP contribution in [-0.4, -0.2) is 19.7 Å². The summed E-state index contributed by atoms with van der Waals surface area (Å²) in [6.07, 6.45) is 2.51. The Balaban J connectivity index is 1.59. The molecule has 0 aromatic heterocycles. The van der Waals surface area contributed by atoms with E-state index in [9.17, 15) is 0 Å². The first-order valence-electron chi connectivity index (χ1n) is 5.77. The fourth-order valence-electron chi connectivity index (χ4n) is 1.98. The van der Waals surface area contributed by atoms with E-state index in [1.165, 1.54) is 31.5 Å². The fourth-order valence-corrected chi connectivity index (χ4v) is 1.98. The van der Waals surface area contributed by atoms with Crippen LogP contribution >= 0.6 is 0 Å². The molecule has 1 fully saturated rings. The zero-order chi connectivity index (χ0) is 10.3. The molecule has 0 aliphatic carbocycles. The highest BCUT2D eigenvalue weighted by Crippen LogP contribution is 2.12. The zero-order valence-corrected chi connectivity index (χ0v) is 9.11. The van der Waals surface area contributed by atoms with Gasteiger partial charge in [-0.25, -0.2) is 0 Å². The highest BCUT2D eigenvalue weighted by atomic mass is 16.5. The van der Waals surface area contributed by atoms with E-state index in [-0.39, 0.29) is 0 Å². The van der Waals surface area contributed by atoms with Gasteiger partial charge in [-0.3, -0.25) is 0 Å². The van der Waals surface area contributed by atoms with E-state index in [4.69, 9.17) is 4.74 Å². The first-order chi connectivity index (χ1) is 7.45. The van der Waals surface area contributed by atoms with E-state index < -0.39 is 0 Å². The molecule has 2 rings (SSSR count).